The van der Waals surface area contributed by atoms with E-state index in [2.05, 4.69) is 16.0 Å². The summed E-state index contributed by atoms with van der Waals surface area (Å²) in [5.74, 6) is -3.35. The van der Waals surface area contributed by atoms with Crippen molar-refractivity contribution < 1.29 is 34.5 Å². The number of aromatic hydroxyl groups is 1. The molecule has 1 aromatic rings. The number of nitrogens with one attached hydrogen (secondary N) is 3. The Morgan fingerprint density at radius 3 is 1.97 bits per heavy atom. The van der Waals surface area contributed by atoms with Crippen molar-refractivity contribution in [1.29, 1.82) is 0 Å². The molecule has 0 aliphatic heterocycles. The Labute approximate surface area is 186 Å². The van der Waals surface area contributed by atoms with Gasteiger partial charge >= 0.3 is 5.97 Å². The molecular weight excluding hydrogens is 420 g/mol. The van der Waals surface area contributed by atoms with Crippen molar-refractivity contribution in [3.8, 4) is 5.75 Å². The van der Waals surface area contributed by atoms with Crippen LogP contribution >= 0.6 is 0 Å². The number of rotatable bonds is 12. The van der Waals surface area contributed by atoms with Crippen LogP contribution in [0.15, 0.2) is 24.3 Å². The Morgan fingerprint density at radius 1 is 0.906 bits per heavy atom. The van der Waals surface area contributed by atoms with Crippen molar-refractivity contribution in [2.24, 2.45) is 11.7 Å². The number of carboxylic acids is 1. The molecule has 0 aliphatic carbocycles. The first-order chi connectivity index (χ1) is 14.9. The molecular formula is C21H32N4O7. The Kier molecular flexibility index (Phi) is 10.6. The lowest BCUT2D eigenvalue weighted by Crippen LogP contribution is -2.57. The third kappa shape index (κ3) is 8.90. The number of aliphatic hydroxyl groups excluding tert-OH is 1. The zero-order valence-electron chi connectivity index (χ0n) is 18.4. The molecule has 0 spiro atoms. The van der Waals surface area contributed by atoms with E-state index < -0.39 is 54.5 Å². The zero-order chi connectivity index (χ0) is 24.4. The number of carboxylic acid groups (broad SMARTS) is 1. The summed E-state index contributed by atoms with van der Waals surface area (Å²) >= 11 is 0. The number of benzene rings is 1. The second-order valence-corrected chi connectivity index (χ2v) is 7.98. The number of aliphatic hydroxyl groups is 1. The molecule has 0 bridgehead atoms. The van der Waals surface area contributed by atoms with E-state index in [0.717, 1.165) is 0 Å². The summed E-state index contributed by atoms with van der Waals surface area (Å²) in [7, 11) is 0. The smallest absolute Gasteiger partial charge is 0.326 e. The van der Waals surface area contributed by atoms with E-state index in [4.69, 9.17) is 5.73 Å². The minimum absolute atomic E-state index is 0.000382. The SMILES string of the molecule is CC(C)CC(NC(=O)C(CO)NC(=O)C(C)NC(=O)C(N)Cc1ccc(O)cc1)C(=O)O. The van der Waals surface area contributed by atoms with Gasteiger partial charge < -0.3 is 37.0 Å². The van der Waals surface area contributed by atoms with Gasteiger partial charge in [-0.25, -0.2) is 4.79 Å². The summed E-state index contributed by atoms with van der Waals surface area (Å²) in [6.07, 6.45) is 0.354. The highest BCUT2D eigenvalue weighted by Crippen LogP contribution is 2.11. The normalized spacial score (nSPS) is 14.7. The van der Waals surface area contributed by atoms with Crippen LogP contribution in [-0.4, -0.2) is 69.8 Å². The van der Waals surface area contributed by atoms with Gasteiger partial charge in [0.1, 0.15) is 23.9 Å². The molecule has 0 radical (unpaired) electrons. The summed E-state index contributed by atoms with van der Waals surface area (Å²) in [5.41, 5.74) is 6.58. The van der Waals surface area contributed by atoms with E-state index in [1.54, 1.807) is 26.0 Å². The summed E-state index contributed by atoms with van der Waals surface area (Å²) in [5, 5.41) is 35.0. The van der Waals surface area contributed by atoms with E-state index in [-0.39, 0.29) is 24.5 Å². The maximum Gasteiger partial charge on any atom is 0.326 e. The van der Waals surface area contributed by atoms with Gasteiger partial charge in [0, 0.05) is 0 Å². The maximum atomic E-state index is 12.4. The van der Waals surface area contributed by atoms with Crippen LogP contribution in [0.1, 0.15) is 32.8 Å². The number of phenolic OH excluding ortho intramolecular Hbond substituents is 1. The maximum absolute atomic E-state index is 12.4. The van der Waals surface area contributed by atoms with Gasteiger partial charge in [-0.2, -0.15) is 0 Å². The first kappa shape index (κ1) is 26.9. The number of carbonyl (C=O) groups excluding carboxylic acids is 3. The zero-order valence-corrected chi connectivity index (χ0v) is 18.4. The number of aliphatic carboxylic acids is 1. The molecule has 0 saturated heterocycles. The minimum atomic E-state index is -1.39. The molecule has 0 fully saturated rings. The van der Waals surface area contributed by atoms with Crippen molar-refractivity contribution in [3.05, 3.63) is 29.8 Å². The molecule has 4 unspecified atom stereocenters. The predicted octanol–water partition coefficient (Wildman–Crippen LogP) is -1.14. The lowest BCUT2D eigenvalue weighted by atomic mass is 10.0. The molecule has 3 amide bonds. The Morgan fingerprint density at radius 2 is 1.47 bits per heavy atom. The molecule has 1 aromatic carbocycles. The molecule has 8 N–H and O–H groups in total. The lowest BCUT2D eigenvalue weighted by molar-refractivity contribution is -0.143. The van der Waals surface area contributed by atoms with Crippen molar-refractivity contribution in [2.45, 2.75) is 57.8 Å². The molecule has 11 heteroatoms. The van der Waals surface area contributed by atoms with Crippen LogP contribution in [0, 0.1) is 5.92 Å². The van der Waals surface area contributed by atoms with Crippen LogP contribution in [0.4, 0.5) is 0 Å². The molecule has 0 saturated carbocycles. The highest BCUT2D eigenvalue weighted by molar-refractivity contribution is 5.94. The topological polar surface area (TPSA) is 191 Å². The van der Waals surface area contributed by atoms with E-state index in [1.807, 2.05) is 0 Å². The van der Waals surface area contributed by atoms with Crippen LogP contribution in [0.25, 0.3) is 0 Å². The van der Waals surface area contributed by atoms with Gasteiger partial charge in [-0.3, -0.25) is 14.4 Å². The average Bonchev–Trinajstić information content (AvgIpc) is 2.72. The van der Waals surface area contributed by atoms with E-state index in [1.165, 1.54) is 19.1 Å². The molecule has 1 rings (SSSR count). The van der Waals surface area contributed by atoms with Crippen molar-refractivity contribution in [3.63, 3.8) is 0 Å². The van der Waals surface area contributed by atoms with Crippen molar-refractivity contribution in [2.75, 3.05) is 6.61 Å². The van der Waals surface area contributed by atoms with Crippen molar-refractivity contribution in [1.82, 2.24) is 16.0 Å². The van der Waals surface area contributed by atoms with Crippen LogP contribution in [-0.2, 0) is 25.6 Å². The van der Waals surface area contributed by atoms with Crippen LogP contribution in [0.5, 0.6) is 5.75 Å². The summed E-state index contributed by atoms with van der Waals surface area (Å²) in [6.45, 7) is 4.21. The first-order valence-corrected chi connectivity index (χ1v) is 10.2. The molecule has 32 heavy (non-hydrogen) atoms. The fourth-order valence-electron chi connectivity index (χ4n) is 2.82. The third-order valence-electron chi connectivity index (χ3n) is 4.62. The van der Waals surface area contributed by atoms with E-state index in [9.17, 15) is 34.5 Å². The third-order valence-corrected chi connectivity index (χ3v) is 4.62. The Bertz CT molecular complexity index is 798. The number of hydrogen-bond acceptors (Lipinski definition) is 7. The predicted molar refractivity (Wildman–Crippen MR) is 115 cm³/mol. The molecule has 0 heterocycles. The first-order valence-electron chi connectivity index (χ1n) is 10.2. The molecule has 178 valence electrons. The highest BCUT2D eigenvalue weighted by atomic mass is 16.4. The van der Waals surface area contributed by atoms with Gasteiger partial charge in [-0.05, 0) is 43.4 Å². The second kappa shape index (κ2) is 12.6. The number of phenols is 1. The summed E-state index contributed by atoms with van der Waals surface area (Å²) < 4.78 is 0. The monoisotopic (exact) mass is 452 g/mol. The van der Waals surface area contributed by atoms with Gasteiger partial charge in [0.15, 0.2) is 0 Å². The highest BCUT2D eigenvalue weighted by Gasteiger charge is 2.28. The summed E-state index contributed by atoms with van der Waals surface area (Å²) in [4.78, 5) is 48.3. The molecule has 0 aliphatic rings. The van der Waals surface area contributed by atoms with Crippen LogP contribution in [0.3, 0.4) is 0 Å². The number of carbonyl (C=O) groups is 4. The van der Waals surface area contributed by atoms with Gasteiger partial charge in [-0.1, -0.05) is 26.0 Å². The number of amides is 3. The van der Waals surface area contributed by atoms with E-state index in [0.29, 0.717) is 5.56 Å². The lowest BCUT2D eigenvalue weighted by Gasteiger charge is -2.23. The summed E-state index contributed by atoms with van der Waals surface area (Å²) in [6, 6.07) is 1.59. The largest absolute Gasteiger partial charge is 0.508 e. The molecule has 0 aromatic heterocycles. The van der Waals surface area contributed by atoms with Gasteiger partial charge in [0.05, 0.1) is 12.6 Å². The van der Waals surface area contributed by atoms with Crippen LogP contribution in [0.2, 0.25) is 0 Å². The fraction of sp³-hybridized carbons (Fsp3) is 0.524. The average molecular weight is 453 g/mol. The fourth-order valence-corrected chi connectivity index (χ4v) is 2.82. The number of hydrogen-bond donors (Lipinski definition) is 7. The standard InChI is InChI=1S/C21H32N4O7/c1-11(2)8-16(21(31)32)24-20(30)17(10-26)25-18(28)12(3)23-19(29)15(22)9-13-4-6-14(27)7-5-13/h4-7,11-12,15-17,26-27H,8-10,22H2,1-3H3,(H,23,29)(H,24,30)(H,25,28)(H,31,32). The van der Waals surface area contributed by atoms with E-state index >= 15 is 0 Å². The minimum Gasteiger partial charge on any atom is -0.508 e. The molecule has 4 atom stereocenters. The van der Waals surface area contributed by atoms with Crippen molar-refractivity contribution >= 4 is 23.7 Å². The Balaban J connectivity index is 2.63. The second-order valence-electron chi connectivity index (χ2n) is 7.98. The van der Waals surface area contributed by atoms with Gasteiger partial charge in [0.25, 0.3) is 0 Å². The molecule has 11 nitrogen and oxygen atoms in total. The van der Waals surface area contributed by atoms with Gasteiger partial charge in [-0.15, -0.1) is 0 Å². The van der Waals surface area contributed by atoms with Crippen LogP contribution < -0.4 is 21.7 Å². The number of nitrogens with two attached hydrogens (primary N) is 1. The quantitative estimate of drug-likeness (QED) is 0.207. The van der Waals surface area contributed by atoms with Gasteiger partial charge in [0.2, 0.25) is 17.7 Å². The Hall–Kier alpha value is -3.18.